The molecular weight excluding hydrogens is 348 g/mol. The number of nitrogens with one attached hydrogen (secondary N) is 1. The number of hydrogen-bond donors (Lipinski definition) is 3. The van der Waals surface area contributed by atoms with Crippen molar-refractivity contribution in [2.24, 2.45) is 5.73 Å². The quantitative estimate of drug-likeness (QED) is 0.630. The second-order valence-corrected chi connectivity index (χ2v) is 8.45. The fourth-order valence-corrected chi connectivity index (χ4v) is 4.36. The minimum Gasteiger partial charge on any atom is -0.390 e. The van der Waals surface area contributed by atoms with Crippen molar-refractivity contribution >= 4 is 39.5 Å². The first-order valence-corrected chi connectivity index (χ1v) is 9.23. The van der Waals surface area contributed by atoms with Crippen LogP contribution in [0.4, 0.5) is 0 Å². The van der Waals surface area contributed by atoms with E-state index in [1.807, 2.05) is 6.92 Å². The molecule has 1 aromatic rings. The summed E-state index contributed by atoms with van der Waals surface area (Å²) in [5.41, 5.74) is 4.84. The smallest absolute Gasteiger partial charge is 0.239 e. The molecule has 0 fully saturated rings. The van der Waals surface area contributed by atoms with E-state index in [2.05, 4.69) is 5.32 Å². The molecule has 4 N–H and O–H groups in total. The molecule has 0 spiro atoms. The fraction of sp³-hybridized carbons (Fsp3) is 0.615. The summed E-state index contributed by atoms with van der Waals surface area (Å²) < 4.78 is 24.1. The summed E-state index contributed by atoms with van der Waals surface area (Å²) >= 11 is 1.10. The number of amides is 1. The van der Waals surface area contributed by atoms with Crippen molar-refractivity contribution in [3.05, 3.63) is 17.5 Å². The second kappa shape index (κ2) is 8.83. The highest BCUT2D eigenvalue weighted by atomic mass is 35.5. The Morgan fingerprint density at radius 1 is 1.55 bits per heavy atom. The number of nitrogens with two attached hydrogens (primary N) is 1. The summed E-state index contributed by atoms with van der Waals surface area (Å²) in [5.74, 6) is -0.819. The molecule has 22 heavy (non-hydrogen) atoms. The lowest BCUT2D eigenvalue weighted by Crippen LogP contribution is -2.53. The summed E-state index contributed by atoms with van der Waals surface area (Å²) in [7, 11) is -3.52. The molecule has 0 aliphatic rings. The second-order valence-electron chi connectivity index (χ2n) is 5.24. The van der Waals surface area contributed by atoms with Gasteiger partial charge in [0.05, 0.1) is 17.4 Å². The number of sulfone groups is 1. The van der Waals surface area contributed by atoms with E-state index in [0.717, 1.165) is 17.8 Å². The van der Waals surface area contributed by atoms with Crippen molar-refractivity contribution in [2.45, 2.75) is 42.5 Å². The molecular formula is C13H23ClN2O4S2. The number of carbonyl (C=O) groups excluding carboxylic acids is 1. The average Bonchev–Trinajstić information content (AvgIpc) is 2.89. The predicted molar refractivity (Wildman–Crippen MR) is 90.1 cm³/mol. The van der Waals surface area contributed by atoms with E-state index in [4.69, 9.17) is 5.73 Å². The zero-order chi connectivity index (χ0) is 16.1. The van der Waals surface area contributed by atoms with Crippen molar-refractivity contribution in [3.63, 3.8) is 0 Å². The van der Waals surface area contributed by atoms with Crippen LogP contribution in [0, 0.1) is 0 Å². The summed E-state index contributed by atoms with van der Waals surface area (Å²) in [6.45, 7) is 3.39. The Morgan fingerprint density at radius 3 is 2.68 bits per heavy atom. The van der Waals surface area contributed by atoms with E-state index in [-0.39, 0.29) is 23.2 Å². The Balaban J connectivity index is 0.00000441. The van der Waals surface area contributed by atoms with Gasteiger partial charge in [-0.1, -0.05) is 19.4 Å². The molecule has 0 radical (unpaired) electrons. The van der Waals surface area contributed by atoms with Gasteiger partial charge in [0.2, 0.25) is 5.91 Å². The van der Waals surface area contributed by atoms with Gasteiger partial charge in [-0.25, -0.2) is 8.42 Å². The van der Waals surface area contributed by atoms with Gasteiger partial charge in [0.15, 0.2) is 9.84 Å². The molecule has 9 heteroatoms. The van der Waals surface area contributed by atoms with Gasteiger partial charge in [0.1, 0.15) is 4.21 Å². The summed E-state index contributed by atoms with van der Waals surface area (Å²) in [6, 6.07) is 3.12. The molecule has 0 saturated heterocycles. The van der Waals surface area contributed by atoms with Crippen molar-refractivity contribution in [1.82, 2.24) is 5.32 Å². The maximum atomic E-state index is 12.0. The highest BCUT2D eigenvalue weighted by Crippen LogP contribution is 2.18. The zero-order valence-corrected chi connectivity index (χ0v) is 15.1. The molecule has 0 saturated carbocycles. The molecule has 0 aliphatic carbocycles. The zero-order valence-electron chi connectivity index (χ0n) is 12.6. The van der Waals surface area contributed by atoms with Crippen LogP contribution >= 0.6 is 23.7 Å². The minimum absolute atomic E-state index is 0. The van der Waals surface area contributed by atoms with Gasteiger partial charge in [-0.3, -0.25) is 4.79 Å². The summed E-state index contributed by atoms with van der Waals surface area (Å²) in [5, 5.41) is 14.0. The topological polar surface area (TPSA) is 109 Å². The largest absolute Gasteiger partial charge is 0.390 e. The molecule has 128 valence electrons. The highest BCUT2D eigenvalue weighted by Gasteiger charge is 2.28. The monoisotopic (exact) mass is 370 g/mol. The van der Waals surface area contributed by atoms with Gasteiger partial charge in [0, 0.05) is 6.54 Å². The van der Waals surface area contributed by atoms with Crippen LogP contribution in [0.2, 0.25) is 0 Å². The molecule has 6 nitrogen and oxygen atoms in total. The number of halogens is 1. The van der Waals surface area contributed by atoms with Crippen LogP contribution in [-0.4, -0.2) is 43.4 Å². The molecule has 0 bridgehead atoms. The molecule has 1 heterocycles. The Hall–Kier alpha value is -0.670. The molecule has 1 amide bonds. The average molecular weight is 371 g/mol. The number of thiophene rings is 1. The third kappa shape index (κ3) is 6.21. The van der Waals surface area contributed by atoms with Crippen LogP contribution in [0.3, 0.4) is 0 Å². The number of hydrogen-bond acceptors (Lipinski definition) is 6. The van der Waals surface area contributed by atoms with E-state index in [0.29, 0.717) is 6.42 Å². The Kier molecular flexibility index (Phi) is 8.56. The number of carbonyl (C=O) groups is 1. The van der Waals surface area contributed by atoms with Crippen molar-refractivity contribution < 1.29 is 18.3 Å². The van der Waals surface area contributed by atoms with Gasteiger partial charge < -0.3 is 16.2 Å². The summed E-state index contributed by atoms with van der Waals surface area (Å²) in [6.07, 6.45) is 0.108. The first-order valence-electron chi connectivity index (χ1n) is 6.70. The molecule has 0 aliphatic heterocycles. The minimum atomic E-state index is -3.52. The SMILES string of the molecule is CCCC(C)(N)C(=O)NCC(O)CS(=O)(=O)c1cccs1.Cl. The normalized spacial score (nSPS) is 15.5. The van der Waals surface area contributed by atoms with Crippen LogP contribution in [-0.2, 0) is 14.6 Å². The van der Waals surface area contributed by atoms with Crippen LogP contribution < -0.4 is 11.1 Å². The maximum Gasteiger partial charge on any atom is 0.239 e. The lowest BCUT2D eigenvalue weighted by atomic mass is 9.96. The Labute approximate surface area is 141 Å². The van der Waals surface area contributed by atoms with Crippen LogP contribution in [0.15, 0.2) is 21.7 Å². The van der Waals surface area contributed by atoms with E-state index in [9.17, 15) is 18.3 Å². The Bertz CT molecular complexity index is 559. The standard InChI is InChI=1S/C13H22N2O4S2.ClH/c1-3-6-13(2,14)12(17)15-8-10(16)9-21(18,19)11-5-4-7-20-11;/h4-5,7,10,16H,3,6,8-9,14H2,1-2H3,(H,15,17);1H. The highest BCUT2D eigenvalue weighted by molar-refractivity contribution is 7.93. The first kappa shape index (κ1) is 21.3. The number of aliphatic hydroxyl groups is 1. The van der Waals surface area contributed by atoms with Crippen LogP contribution in [0.5, 0.6) is 0 Å². The van der Waals surface area contributed by atoms with Gasteiger partial charge >= 0.3 is 0 Å². The molecule has 1 aromatic heterocycles. The third-order valence-corrected chi connectivity index (χ3v) is 6.28. The Morgan fingerprint density at radius 2 is 2.18 bits per heavy atom. The van der Waals surface area contributed by atoms with Crippen molar-refractivity contribution in [3.8, 4) is 0 Å². The first-order chi connectivity index (χ1) is 9.69. The van der Waals surface area contributed by atoms with E-state index < -0.39 is 33.1 Å². The lowest BCUT2D eigenvalue weighted by molar-refractivity contribution is -0.126. The van der Waals surface area contributed by atoms with Gasteiger partial charge in [-0.15, -0.1) is 23.7 Å². The molecule has 2 atom stereocenters. The van der Waals surface area contributed by atoms with Gasteiger partial charge in [-0.05, 0) is 24.8 Å². The predicted octanol–water partition coefficient (Wildman–Crippen LogP) is 0.938. The fourth-order valence-electron chi connectivity index (χ4n) is 1.88. The van der Waals surface area contributed by atoms with Crippen molar-refractivity contribution in [2.75, 3.05) is 12.3 Å². The van der Waals surface area contributed by atoms with Gasteiger partial charge in [-0.2, -0.15) is 0 Å². The number of rotatable bonds is 8. The van der Waals surface area contributed by atoms with Crippen LogP contribution in [0.1, 0.15) is 26.7 Å². The maximum absolute atomic E-state index is 12.0. The van der Waals surface area contributed by atoms with Crippen molar-refractivity contribution in [1.29, 1.82) is 0 Å². The molecule has 2 unspecified atom stereocenters. The van der Waals surface area contributed by atoms with E-state index >= 15 is 0 Å². The number of aliphatic hydroxyl groups excluding tert-OH is 1. The van der Waals surface area contributed by atoms with E-state index in [1.54, 1.807) is 18.4 Å². The van der Waals surface area contributed by atoms with Crippen LogP contribution in [0.25, 0.3) is 0 Å². The summed E-state index contributed by atoms with van der Waals surface area (Å²) in [4.78, 5) is 11.9. The van der Waals surface area contributed by atoms with E-state index in [1.165, 1.54) is 6.07 Å². The molecule has 0 aromatic carbocycles. The molecule has 1 rings (SSSR count). The lowest BCUT2D eigenvalue weighted by Gasteiger charge is -2.23. The third-order valence-electron chi connectivity index (χ3n) is 3.00. The van der Waals surface area contributed by atoms with Gasteiger partial charge in [0.25, 0.3) is 0 Å².